The van der Waals surface area contributed by atoms with Gasteiger partial charge >= 0.3 is 0 Å². The van der Waals surface area contributed by atoms with Crippen LogP contribution in [0.1, 0.15) is 29.0 Å². The Bertz CT molecular complexity index is 1380. The SMILES string of the molecule is N#Cc1ccc(CN(Cc2cccc(F)c2)C(=O)CCc2ncc(-c3ccc(F)cc3F)o2)cc1. The Morgan fingerprint density at radius 1 is 0.943 bits per heavy atom. The minimum absolute atomic E-state index is 0.0530. The van der Waals surface area contributed by atoms with Gasteiger partial charge in [-0.25, -0.2) is 18.2 Å². The first-order valence-corrected chi connectivity index (χ1v) is 10.8. The van der Waals surface area contributed by atoms with E-state index in [2.05, 4.69) is 11.1 Å². The summed E-state index contributed by atoms with van der Waals surface area (Å²) in [6.07, 6.45) is 1.55. The van der Waals surface area contributed by atoms with E-state index in [0.717, 1.165) is 17.7 Å². The van der Waals surface area contributed by atoms with Crippen LogP contribution >= 0.6 is 0 Å². The highest BCUT2D eigenvalue weighted by Gasteiger charge is 2.18. The topological polar surface area (TPSA) is 70.1 Å². The largest absolute Gasteiger partial charge is 0.441 e. The van der Waals surface area contributed by atoms with Crippen molar-refractivity contribution in [3.05, 3.63) is 113 Å². The highest BCUT2D eigenvalue weighted by molar-refractivity contribution is 5.76. The number of carbonyl (C=O) groups excluding carboxylic acids is 1. The van der Waals surface area contributed by atoms with Crippen LogP contribution in [0.2, 0.25) is 0 Å². The average molecular weight is 475 g/mol. The summed E-state index contributed by atoms with van der Waals surface area (Å²) in [5.41, 5.74) is 2.04. The van der Waals surface area contributed by atoms with Crippen LogP contribution in [0.25, 0.3) is 11.3 Å². The fourth-order valence-corrected chi connectivity index (χ4v) is 3.60. The standard InChI is InChI=1S/C27H20F3N3O2/c28-21-3-1-2-20(12-21)17-33(16-19-6-4-18(14-31)5-7-19)27(34)11-10-26-32-15-25(35-26)23-9-8-22(29)13-24(23)30/h1-9,12-13,15H,10-11,16-17H2. The Hall–Kier alpha value is -4.38. The van der Waals surface area contributed by atoms with Crippen molar-refractivity contribution < 1.29 is 22.4 Å². The number of oxazole rings is 1. The van der Waals surface area contributed by atoms with Crippen molar-refractivity contribution in [3.63, 3.8) is 0 Å². The van der Waals surface area contributed by atoms with Crippen LogP contribution < -0.4 is 0 Å². The lowest BCUT2D eigenvalue weighted by molar-refractivity contribution is -0.132. The molecule has 3 aromatic carbocycles. The van der Waals surface area contributed by atoms with Gasteiger partial charge in [0, 0.05) is 32.0 Å². The summed E-state index contributed by atoms with van der Waals surface area (Å²) in [6, 6.07) is 18.1. The van der Waals surface area contributed by atoms with Crippen molar-refractivity contribution in [2.45, 2.75) is 25.9 Å². The van der Waals surface area contributed by atoms with Gasteiger partial charge < -0.3 is 9.32 Å². The van der Waals surface area contributed by atoms with Crippen molar-refractivity contribution in [2.75, 3.05) is 0 Å². The van der Waals surface area contributed by atoms with E-state index in [1.165, 1.54) is 24.4 Å². The quantitative estimate of drug-likeness (QED) is 0.323. The van der Waals surface area contributed by atoms with Crippen molar-refractivity contribution in [1.82, 2.24) is 9.88 Å². The van der Waals surface area contributed by atoms with E-state index in [-0.39, 0.29) is 49.1 Å². The molecule has 0 N–H and O–H groups in total. The molecule has 1 aromatic heterocycles. The molecule has 0 radical (unpaired) electrons. The summed E-state index contributed by atoms with van der Waals surface area (Å²) in [7, 11) is 0. The lowest BCUT2D eigenvalue weighted by Crippen LogP contribution is -2.30. The summed E-state index contributed by atoms with van der Waals surface area (Å²) in [5.74, 6) is -1.70. The van der Waals surface area contributed by atoms with E-state index in [1.54, 1.807) is 41.3 Å². The van der Waals surface area contributed by atoms with Crippen LogP contribution in [0, 0.1) is 28.8 Å². The maximum absolute atomic E-state index is 14.0. The Morgan fingerprint density at radius 3 is 2.40 bits per heavy atom. The van der Waals surface area contributed by atoms with Crippen molar-refractivity contribution in [2.24, 2.45) is 0 Å². The third-order valence-electron chi connectivity index (χ3n) is 5.37. The van der Waals surface area contributed by atoms with Gasteiger partial charge in [0.25, 0.3) is 0 Å². The molecule has 8 heteroatoms. The number of aromatic nitrogens is 1. The number of hydrogen-bond acceptors (Lipinski definition) is 4. The van der Waals surface area contributed by atoms with Crippen LogP contribution in [0.5, 0.6) is 0 Å². The van der Waals surface area contributed by atoms with Crippen LogP contribution in [0.3, 0.4) is 0 Å². The highest BCUT2D eigenvalue weighted by atomic mass is 19.1. The smallest absolute Gasteiger partial charge is 0.223 e. The number of aryl methyl sites for hydroxylation is 1. The first-order chi connectivity index (χ1) is 16.9. The minimum Gasteiger partial charge on any atom is -0.441 e. The second-order valence-corrected chi connectivity index (χ2v) is 7.93. The fraction of sp³-hybridized carbons (Fsp3) is 0.148. The lowest BCUT2D eigenvalue weighted by atomic mass is 10.1. The molecule has 0 aliphatic carbocycles. The third-order valence-corrected chi connectivity index (χ3v) is 5.37. The van der Waals surface area contributed by atoms with E-state index >= 15 is 0 Å². The fourth-order valence-electron chi connectivity index (χ4n) is 3.60. The average Bonchev–Trinajstić information content (AvgIpc) is 3.31. The zero-order valence-electron chi connectivity index (χ0n) is 18.5. The van der Waals surface area contributed by atoms with Crippen LogP contribution in [0.4, 0.5) is 13.2 Å². The number of rotatable bonds is 8. The molecule has 5 nitrogen and oxygen atoms in total. The number of halogens is 3. The van der Waals surface area contributed by atoms with Crippen molar-refractivity contribution in [3.8, 4) is 17.4 Å². The second kappa shape index (κ2) is 10.7. The minimum atomic E-state index is -0.771. The number of hydrogen-bond donors (Lipinski definition) is 0. The molecule has 4 rings (SSSR count). The summed E-state index contributed by atoms with van der Waals surface area (Å²) >= 11 is 0. The molecule has 4 aromatic rings. The maximum Gasteiger partial charge on any atom is 0.223 e. The molecular weight excluding hydrogens is 455 g/mol. The molecule has 0 unspecified atom stereocenters. The number of nitriles is 1. The highest BCUT2D eigenvalue weighted by Crippen LogP contribution is 2.25. The Balaban J connectivity index is 1.47. The maximum atomic E-state index is 14.0. The van der Waals surface area contributed by atoms with Gasteiger partial charge in [-0.15, -0.1) is 0 Å². The number of benzene rings is 3. The summed E-state index contributed by atoms with van der Waals surface area (Å²) in [6.45, 7) is 0.451. The van der Waals surface area contributed by atoms with Gasteiger partial charge in [-0.3, -0.25) is 4.79 Å². The van der Waals surface area contributed by atoms with E-state index in [4.69, 9.17) is 9.68 Å². The molecule has 0 spiro atoms. The van der Waals surface area contributed by atoms with Crippen molar-refractivity contribution in [1.29, 1.82) is 5.26 Å². The molecule has 35 heavy (non-hydrogen) atoms. The first-order valence-electron chi connectivity index (χ1n) is 10.8. The zero-order valence-corrected chi connectivity index (χ0v) is 18.5. The normalized spacial score (nSPS) is 10.7. The van der Waals surface area contributed by atoms with Gasteiger partial charge in [-0.2, -0.15) is 5.26 Å². The van der Waals surface area contributed by atoms with E-state index in [1.807, 2.05) is 0 Å². The van der Waals surface area contributed by atoms with Gasteiger partial charge in [0.1, 0.15) is 17.5 Å². The molecule has 0 bridgehead atoms. The second-order valence-electron chi connectivity index (χ2n) is 7.93. The Labute approximate surface area is 200 Å². The predicted molar refractivity (Wildman–Crippen MR) is 122 cm³/mol. The molecular formula is C27H20F3N3O2. The Kier molecular flexibility index (Phi) is 7.27. The molecule has 1 heterocycles. The van der Waals surface area contributed by atoms with Gasteiger partial charge in [0.2, 0.25) is 5.91 Å². The van der Waals surface area contributed by atoms with Gasteiger partial charge in [-0.05, 0) is 47.5 Å². The Morgan fingerprint density at radius 2 is 1.69 bits per heavy atom. The van der Waals surface area contributed by atoms with Gasteiger partial charge in [-0.1, -0.05) is 24.3 Å². The van der Waals surface area contributed by atoms with Crippen molar-refractivity contribution >= 4 is 5.91 Å². The third kappa shape index (κ3) is 6.15. The molecule has 0 atom stereocenters. The first kappa shape index (κ1) is 23.8. The van der Waals surface area contributed by atoms with Gasteiger partial charge in [0.05, 0.1) is 23.4 Å². The van der Waals surface area contributed by atoms with Crippen LogP contribution in [-0.2, 0) is 24.3 Å². The van der Waals surface area contributed by atoms with E-state index < -0.39 is 17.5 Å². The summed E-state index contributed by atoms with van der Waals surface area (Å²) < 4.78 is 46.4. The molecule has 0 aliphatic heterocycles. The lowest BCUT2D eigenvalue weighted by Gasteiger charge is -2.23. The van der Waals surface area contributed by atoms with E-state index in [9.17, 15) is 18.0 Å². The molecule has 0 fully saturated rings. The van der Waals surface area contributed by atoms with Crippen LogP contribution in [0.15, 0.2) is 77.3 Å². The summed E-state index contributed by atoms with van der Waals surface area (Å²) in [4.78, 5) is 18.8. The monoisotopic (exact) mass is 475 g/mol. The summed E-state index contributed by atoms with van der Waals surface area (Å²) in [5, 5.41) is 9.00. The van der Waals surface area contributed by atoms with Gasteiger partial charge in [0.15, 0.2) is 11.7 Å². The zero-order chi connectivity index (χ0) is 24.8. The number of amides is 1. The molecule has 0 saturated heterocycles. The molecule has 0 saturated carbocycles. The van der Waals surface area contributed by atoms with Crippen LogP contribution in [-0.4, -0.2) is 15.8 Å². The predicted octanol–water partition coefficient (Wildman–Crippen LogP) is 5.79. The number of carbonyl (C=O) groups is 1. The van der Waals surface area contributed by atoms with E-state index in [0.29, 0.717) is 11.1 Å². The molecule has 176 valence electrons. The number of nitrogens with zero attached hydrogens (tertiary/aromatic N) is 3. The molecule has 1 amide bonds. The molecule has 0 aliphatic rings.